The van der Waals surface area contributed by atoms with Crippen molar-refractivity contribution in [3.63, 3.8) is 0 Å². The van der Waals surface area contributed by atoms with Crippen molar-refractivity contribution in [3.05, 3.63) is 39.9 Å². The molecule has 0 saturated carbocycles. The van der Waals surface area contributed by atoms with E-state index >= 15 is 0 Å². The van der Waals surface area contributed by atoms with E-state index in [1.54, 1.807) is 25.1 Å². The quantitative estimate of drug-likeness (QED) is 0.342. The smallest absolute Gasteiger partial charge is 0.305 e. The van der Waals surface area contributed by atoms with Gasteiger partial charge in [-0.1, -0.05) is 12.1 Å². The van der Waals surface area contributed by atoms with Gasteiger partial charge in [0.2, 0.25) is 0 Å². The van der Waals surface area contributed by atoms with Crippen LogP contribution in [0.4, 0.5) is 5.69 Å². The maximum Gasteiger partial charge on any atom is 0.305 e. The zero-order chi connectivity index (χ0) is 15.0. The minimum Gasteiger partial charge on any atom is -0.466 e. The number of nitrogens with zero attached hydrogens (tertiary/aromatic N) is 1. The van der Waals surface area contributed by atoms with Gasteiger partial charge in [0.25, 0.3) is 5.69 Å². The summed E-state index contributed by atoms with van der Waals surface area (Å²) in [6, 6.07) is 6.14. The van der Waals surface area contributed by atoms with Gasteiger partial charge in [0.15, 0.2) is 0 Å². The van der Waals surface area contributed by atoms with E-state index in [-0.39, 0.29) is 11.7 Å². The largest absolute Gasteiger partial charge is 0.466 e. The lowest BCUT2D eigenvalue weighted by atomic mass is 10.0. The fourth-order valence-electron chi connectivity index (χ4n) is 1.93. The molecule has 20 heavy (non-hydrogen) atoms. The van der Waals surface area contributed by atoms with Crippen LogP contribution in [-0.4, -0.2) is 22.6 Å². The highest BCUT2D eigenvalue weighted by Gasteiger charge is 2.19. The molecule has 1 aromatic rings. The molecule has 110 valence electrons. The first-order valence-electron chi connectivity index (χ1n) is 6.63. The zero-order valence-corrected chi connectivity index (χ0v) is 11.4. The Labute approximate surface area is 117 Å². The predicted molar refractivity (Wildman–Crippen MR) is 73.2 cm³/mol. The van der Waals surface area contributed by atoms with Gasteiger partial charge in [0.05, 0.1) is 23.2 Å². The summed E-state index contributed by atoms with van der Waals surface area (Å²) in [6.07, 6.45) is 0.989. The Morgan fingerprint density at radius 2 is 2.10 bits per heavy atom. The molecule has 0 amide bonds. The third-order valence-electron chi connectivity index (χ3n) is 2.91. The van der Waals surface area contributed by atoms with Crippen molar-refractivity contribution in [2.45, 2.75) is 38.7 Å². The van der Waals surface area contributed by atoms with Crippen LogP contribution in [0.3, 0.4) is 0 Å². The predicted octanol–water partition coefficient (Wildman–Crippen LogP) is 2.75. The molecule has 6 nitrogen and oxygen atoms in total. The van der Waals surface area contributed by atoms with E-state index in [2.05, 4.69) is 0 Å². The van der Waals surface area contributed by atoms with Crippen LogP contribution < -0.4 is 0 Å². The molecule has 1 unspecified atom stereocenters. The normalized spacial score (nSPS) is 11.9. The molecule has 0 fully saturated rings. The second kappa shape index (κ2) is 8.27. The molecular weight excluding hydrogens is 262 g/mol. The number of nitro groups is 1. The number of nitro benzene ring substituents is 1. The number of hydrogen-bond acceptors (Lipinski definition) is 5. The standard InChI is InChI=1S/C14H19NO5/c1-2-20-14(17)10-6-5-9-13(16)11-7-3-4-8-12(11)15(18)19/h3-4,7-8,13,16H,2,5-6,9-10H2,1H3. The van der Waals surface area contributed by atoms with Gasteiger partial charge in [-0.2, -0.15) is 0 Å². The Hall–Kier alpha value is -1.95. The SMILES string of the molecule is CCOC(=O)CCCCC(O)c1ccccc1[N+](=O)[O-]. The molecule has 0 bridgehead atoms. The summed E-state index contributed by atoms with van der Waals surface area (Å²) in [5.74, 6) is -0.257. The highest BCUT2D eigenvalue weighted by atomic mass is 16.6. The summed E-state index contributed by atoms with van der Waals surface area (Å²) >= 11 is 0. The minimum atomic E-state index is -0.890. The van der Waals surface area contributed by atoms with E-state index < -0.39 is 11.0 Å². The lowest BCUT2D eigenvalue weighted by Gasteiger charge is -2.10. The second-order valence-electron chi connectivity index (χ2n) is 4.38. The van der Waals surface area contributed by atoms with E-state index in [1.807, 2.05) is 0 Å². The van der Waals surface area contributed by atoms with Crippen LogP contribution in [0.5, 0.6) is 0 Å². The molecule has 0 heterocycles. The zero-order valence-electron chi connectivity index (χ0n) is 11.4. The summed E-state index contributed by atoms with van der Waals surface area (Å²) in [4.78, 5) is 21.5. The van der Waals surface area contributed by atoms with Crippen molar-refractivity contribution in [2.75, 3.05) is 6.61 Å². The van der Waals surface area contributed by atoms with Crippen molar-refractivity contribution in [3.8, 4) is 0 Å². The van der Waals surface area contributed by atoms with Gasteiger partial charge in [0, 0.05) is 12.5 Å². The van der Waals surface area contributed by atoms with Gasteiger partial charge in [0.1, 0.15) is 0 Å². The average Bonchev–Trinajstić information content (AvgIpc) is 2.43. The van der Waals surface area contributed by atoms with E-state index in [4.69, 9.17) is 4.74 Å². The van der Waals surface area contributed by atoms with Crippen LogP contribution in [0.15, 0.2) is 24.3 Å². The van der Waals surface area contributed by atoms with Gasteiger partial charge >= 0.3 is 5.97 Å². The first-order valence-corrected chi connectivity index (χ1v) is 6.63. The van der Waals surface area contributed by atoms with Gasteiger partial charge in [-0.05, 0) is 32.3 Å². The Morgan fingerprint density at radius 1 is 1.40 bits per heavy atom. The van der Waals surface area contributed by atoms with Gasteiger partial charge in [-0.25, -0.2) is 0 Å². The molecule has 1 atom stereocenters. The van der Waals surface area contributed by atoms with Crippen LogP contribution in [0.2, 0.25) is 0 Å². The Morgan fingerprint density at radius 3 is 2.75 bits per heavy atom. The fourth-order valence-corrected chi connectivity index (χ4v) is 1.93. The molecule has 1 N–H and O–H groups in total. The number of unbranched alkanes of at least 4 members (excludes halogenated alkanes) is 1. The van der Waals surface area contributed by atoms with Gasteiger partial charge < -0.3 is 9.84 Å². The van der Waals surface area contributed by atoms with E-state index in [1.165, 1.54) is 6.07 Å². The minimum absolute atomic E-state index is 0.0783. The van der Waals surface area contributed by atoms with Gasteiger partial charge in [-0.15, -0.1) is 0 Å². The van der Waals surface area contributed by atoms with E-state index in [0.29, 0.717) is 37.9 Å². The molecule has 0 spiro atoms. The van der Waals surface area contributed by atoms with Crippen molar-refractivity contribution in [2.24, 2.45) is 0 Å². The average molecular weight is 281 g/mol. The van der Waals surface area contributed by atoms with E-state index in [0.717, 1.165) is 0 Å². The highest BCUT2D eigenvalue weighted by molar-refractivity contribution is 5.69. The maximum absolute atomic E-state index is 11.1. The lowest BCUT2D eigenvalue weighted by molar-refractivity contribution is -0.386. The van der Waals surface area contributed by atoms with Crippen LogP contribution in [0, 0.1) is 10.1 Å². The van der Waals surface area contributed by atoms with Crippen LogP contribution >= 0.6 is 0 Å². The van der Waals surface area contributed by atoms with Crippen LogP contribution in [-0.2, 0) is 9.53 Å². The number of carbonyl (C=O) groups excluding carboxylic acids is 1. The number of aliphatic hydroxyl groups is 1. The molecule has 0 aliphatic rings. The van der Waals surface area contributed by atoms with Crippen molar-refractivity contribution < 1.29 is 19.6 Å². The maximum atomic E-state index is 11.1. The van der Waals surface area contributed by atoms with E-state index in [9.17, 15) is 20.0 Å². The number of aliphatic hydroxyl groups excluding tert-OH is 1. The van der Waals surface area contributed by atoms with Crippen LogP contribution in [0.1, 0.15) is 44.3 Å². The Bertz CT molecular complexity index is 461. The Balaban J connectivity index is 2.45. The summed E-state index contributed by atoms with van der Waals surface area (Å²) in [5, 5.41) is 20.8. The third kappa shape index (κ3) is 4.97. The first-order chi connectivity index (χ1) is 9.56. The van der Waals surface area contributed by atoms with Crippen molar-refractivity contribution in [1.82, 2.24) is 0 Å². The molecule has 0 saturated heterocycles. The number of carbonyl (C=O) groups is 1. The third-order valence-corrected chi connectivity index (χ3v) is 2.91. The fraction of sp³-hybridized carbons (Fsp3) is 0.500. The summed E-state index contributed by atoms with van der Waals surface area (Å²) < 4.78 is 4.79. The number of esters is 1. The molecule has 0 aliphatic heterocycles. The van der Waals surface area contributed by atoms with Gasteiger partial charge in [-0.3, -0.25) is 14.9 Å². The van der Waals surface area contributed by atoms with Crippen molar-refractivity contribution in [1.29, 1.82) is 0 Å². The molecule has 1 aromatic carbocycles. The molecule has 0 aliphatic carbocycles. The summed E-state index contributed by atoms with van der Waals surface area (Å²) in [5.41, 5.74) is 0.235. The Kier molecular flexibility index (Phi) is 6.66. The summed E-state index contributed by atoms with van der Waals surface area (Å²) in [7, 11) is 0. The molecule has 0 radical (unpaired) electrons. The van der Waals surface area contributed by atoms with Crippen LogP contribution in [0.25, 0.3) is 0 Å². The molecule has 6 heteroatoms. The van der Waals surface area contributed by atoms with Crippen molar-refractivity contribution >= 4 is 11.7 Å². The molecule has 0 aromatic heterocycles. The topological polar surface area (TPSA) is 89.7 Å². The number of hydrogen-bond donors (Lipinski definition) is 1. The number of ether oxygens (including phenoxy) is 1. The first kappa shape index (κ1) is 16.1. The number of rotatable bonds is 8. The monoisotopic (exact) mass is 281 g/mol. The molecular formula is C14H19NO5. The second-order valence-corrected chi connectivity index (χ2v) is 4.38. The lowest BCUT2D eigenvalue weighted by Crippen LogP contribution is -2.05. The highest BCUT2D eigenvalue weighted by Crippen LogP contribution is 2.28. The number of benzene rings is 1. The number of para-hydroxylation sites is 1. The molecule has 1 rings (SSSR count). The summed E-state index contributed by atoms with van der Waals surface area (Å²) in [6.45, 7) is 2.11.